The van der Waals surface area contributed by atoms with E-state index in [0.717, 1.165) is 0 Å². The molecule has 0 rings (SSSR count). The maximum absolute atomic E-state index is 10.2. The largest absolute Gasteiger partial charge is 0.479 e. The zero-order valence-electron chi connectivity index (χ0n) is 5.56. The maximum atomic E-state index is 10.2. The summed E-state index contributed by atoms with van der Waals surface area (Å²) in [6, 6.07) is 0. The first-order valence-electron chi connectivity index (χ1n) is 2.85. The second kappa shape index (κ2) is 4.51. The van der Waals surface area contributed by atoms with Crippen molar-refractivity contribution < 1.29 is 19.8 Å². The van der Waals surface area contributed by atoms with Crippen LogP contribution in [0.3, 0.4) is 0 Å². The summed E-state index contributed by atoms with van der Waals surface area (Å²) in [7, 11) is 0. The Bertz CT molecular complexity index is 178. The van der Waals surface area contributed by atoms with Crippen molar-refractivity contribution in [2.24, 2.45) is 5.18 Å². The van der Waals surface area contributed by atoms with Gasteiger partial charge in [-0.05, 0) is 6.42 Å². The number of amides is 1. The molecule has 62 valence electrons. The highest BCUT2D eigenvalue weighted by atomic mass is 16.4. The molecule has 0 fully saturated rings. The predicted octanol–water partition coefficient (Wildman–Crippen LogP) is -0.495. The Balaban J connectivity index is 3.62. The van der Waals surface area contributed by atoms with Gasteiger partial charge in [0.25, 0.3) is 5.91 Å². The first-order valence-corrected chi connectivity index (χ1v) is 2.85. The van der Waals surface area contributed by atoms with E-state index < -0.39 is 18.0 Å². The zero-order chi connectivity index (χ0) is 8.85. The number of rotatable bonds is 4. The van der Waals surface area contributed by atoms with E-state index in [-0.39, 0.29) is 12.8 Å². The van der Waals surface area contributed by atoms with Gasteiger partial charge >= 0.3 is 5.97 Å². The van der Waals surface area contributed by atoms with Crippen LogP contribution in [-0.4, -0.2) is 28.2 Å². The molecule has 0 aromatic heterocycles. The number of aliphatic hydroxyl groups is 1. The van der Waals surface area contributed by atoms with Crippen molar-refractivity contribution in [2.75, 3.05) is 0 Å². The quantitative estimate of drug-likeness (QED) is 0.541. The maximum Gasteiger partial charge on any atom is 0.332 e. The molecule has 2 N–H and O–H groups in total. The highest BCUT2D eigenvalue weighted by Crippen LogP contribution is 1.98. The number of carbonyl (C=O) groups excluding carboxylic acids is 1. The third-order valence-corrected chi connectivity index (χ3v) is 1.02. The summed E-state index contributed by atoms with van der Waals surface area (Å²) in [5.74, 6) is -2.37. The van der Waals surface area contributed by atoms with Gasteiger partial charge in [0.1, 0.15) is 0 Å². The summed E-state index contributed by atoms with van der Waals surface area (Å²) in [4.78, 5) is 29.5. The van der Waals surface area contributed by atoms with E-state index in [9.17, 15) is 14.5 Å². The lowest BCUT2D eigenvalue weighted by molar-refractivity contribution is -0.147. The zero-order valence-corrected chi connectivity index (χ0v) is 5.56. The lowest BCUT2D eigenvalue weighted by Crippen LogP contribution is -2.19. The summed E-state index contributed by atoms with van der Waals surface area (Å²) in [6.07, 6.45) is -2.21. The van der Waals surface area contributed by atoms with E-state index >= 15 is 0 Å². The molecule has 0 aromatic carbocycles. The van der Waals surface area contributed by atoms with Crippen LogP contribution in [0.2, 0.25) is 0 Å². The van der Waals surface area contributed by atoms with Gasteiger partial charge in [0.2, 0.25) is 0 Å². The van der Waals surface area contributed by atoms with Gasteiger partial charge in [-0.2, -0.15) is 0 Å². The monoisotopic (exact) mass is 161 g/mol. The van der Waals surface area contributed by atoms with Crippen LogP contribution in [0.25, 0.3) is 0 Å². The minimum absolute atomic E-state index is 0.278. The molecule has 1 amide bonds. The molecule has 6 heteroatoms. The first-order chi connectivity index (χ1) is 5.07. The Labute approximate surface area is 61.8 Å². The summed E-state index contributed by atoms with van der Waals surface area (Å²) >= 11 is 0. The van der Waals surface area contributed by atoms with E-state index in [1.54, 1.807) is 0 Å². The number of nitroso groups, excluding NO2 is 1. The lowest BCUT2D eigenvalue weighted by Gasteiger charge is -2.00. The molecule has 0 heterocycles. The van der Waals surface area contributed by atoms with E-state index in [1.807, 2.05) is 5.18 Å². The van der Waals surface area contributed by atoms with Crippen LogP contribution in [0.1, 0.15) is 12.8 Å². The number of carboxylic acid groups (broad SMARTS) is 1. The summed E-state index contributed by atoms with van der Waals surface area (Å²) < 4.78 is 0. The number of nitrogens with zero attached hydrogens (tertiary/aromatic N) is 1. The van der Waals surface area contributed by atoms with E-state index in [2.05, 4.69) is 0 Å². The van der Waals surface area contributed by atoms with Crippen LogP contribution in [0.4, 0.5) is 0 Å². The molecule has 0 saturated carbocycles. The summed E-state index contributed by atoms with van der Waals surface area (Å²) in [5, 5.41) is 18.7. The van der Waals surface area contributed by atoms with E-state index in [1.165, 1.54) is 0 Å². The molecule has 11 heavy (non-hydrogen) atoms. The fourth-order valence-corrected chi connectivity index (χ4v) is 0.429. The molecule has 6 nitrogen and oxygen atoms in total. The minimum atomic E-state index is -1.60. The molecule has 0 saturated heterocycles. The summed E-state index contributed by atoms with van der Waals surface area (Å²) in [5.41, 5.74) is 0. The van der Waals surface area contributed by atoms with Crippen LogP contribution < -0.4 is 0 Å². The van der Waals surface area contributed by atoms with Crippen molar-refractivity contribution in [1.82, 2.24) is 0 Å². The Hall–Kier alpha value is -1.30. The number of hydrogen-bond acceptors (Lipinski definition) is 4. The second-order valence-corrected chi connectivity index (χ2v) is 1.88. The van der Waals surface area contributed by atoms with Crippen LogP contribution in [0.5, 0.6) is 0 Å². The molecule has 1 unspecified atom stereocenters. The Morgan fingerprint density at radius 1 is 1.45 bits per heavy atom. The van der Waals surface area contributed by atoms with Crippen molar-refractivity contribution in [2.45, 2.75) is 18.9 Å². The van der Waals surface area contributed by atoms with E-state index in [0.29, 0.717) is 0 Å². The average Bonchev–Trinajstić information content (AvgIpc) is 1.99. The Morgan fingerprint density at radius 3 is 2.36 bits per heavy atom. The van der Waals surface area contributed by atoms with Crippen LogP contribution in [-0.2, 0) is 9.59 Å². The van der Waals surface area contributed by atoms with Crippen molar-refractivity contribution in [3.63, 3.8) is 0 Å². The first kappa shape index (κ1) is 9.70. The van der Waals surface area contributed by atoms with Crippen molar-refractivity contribution in [3.05, 3.63) is 4.91 Å². The van der Waals surface area contributed by atoms with E-state index in [4.69, 9.17) is 10.2 Å². The van der Waals surface area contributed by atoms with Crippen molar-refractivity contribution in [3.8, 4) is 0 Å². The number of carboxylic acids is 1. The third-order valence-electron chi connectivity index (χ3n) is 1.02. The minimum Gasteiger partial charge on any atom is -0.479 e. The van der Waals surface area contributed by atoms with Crippen LogP contribution in [0, 0.1) is 4.91 Å². The number of aliphatic carboxylic acids is 1. The summed E-state index contributed by atoms with van der Waals surface area (Å²) in [6.45, 7) is 0. The van der Waals surface area contributed by atoms with Gasteiger partial charge in [0, 0.05) is 11.6 Å². The van der Waals surface area contributed by atoms with Crippen LogP contribution in [0.15, 0.2) is 5.18 Å². The standard InChI is InChI=1S/C5H7NO5/c7-3(5(9)10)1-2-4(8)6-11/h3,7H,1-2H2,(H,9,10). The van der Waals surface area contributed by atoms with Gasteiger partial charge in [-0.3, -0.25) is 4.79 Å². The van der Waals surface area contributed by atoms with Gasteiger partial charge in [-0.25, -0.2) is 4.79 Å². The van der Waals surface area contributed by atoms with Crippen molar-refractivity contribution in [1.29, 1.82) is 0 Å². The molecule has 0 aliphatic carbocycles. The highest BCUT2D eigenvalue weighted by molar-refractivity contribution is 5.78. The second-order valence-electron chi connectivity index (χ2n) is 1.88. The van der Waals surface area contributed by atoms with Gasteiger partial charge in [-0.1, -0.05) is 0 Å². The number of hydrogen-bond donors (Lipinski definition) is 2. The molecule has 0 aliphatic heterocycles. The van der Waals surface area contributed by atoms with Crippen molar-refractivity contribution >= 4 is 11.9 Å². The molecule has 0 aromatic rings. The predicted molar refractivity (Wildman–Crippen MR) is 33.7 cm³/mol. The normalized spacial score (nSPS) is 12.1. The van der Waals surface area contributed by atoms with Gasteiger partial charge < -0.3 is 10.2 Å². The molecule has 0 spiro atoms. The topological polar surface area (TPSA) is 104 Å². The molecule has 0 bridgehead atoms. The SMILES string of the molecule is O=NC(=O)CCC(O)C(=O)O. The number of carbonyl (C=O) groups is 2. The molecule has 0 aliphatic rings. The smallest absolute Gasteiger partial charge is 0.332 e. The highest BCUT2D eigenvalue weighted by Gasteiger charge is 2.14. The molecule has 1 atom stereocenters. The van der Waals surface area contributed by atoms with Gasteiger partial charge in [0.05, 0.1) is 0 Å². The molecular weight excluding hydrogens is 154 g/mol. The van der Waals surface area contributed by atoms with Gasteiger partial charge in [-0.15, -0.1) is 4.91 Å². The fourth-order valence-electron chi connectivity index (χ4n) is 0.429. The molecule has 0 radical (unpaired) electrons. The third kappa shape index (κ3) is 4.15. The Kier molecular flexibility index (Phi) is 3.97. The Morgan fingerprint density at radius 2 is 2.00 bits per heavy atom. The van der Waals surface area contributed by atoms with Gasteiger partial charge in [0.15, 0.2) is 6.10 Å². The number of aliphatic hydroxyl groups excluding tert-OH is 1. The lowest BCUT2D eigenvalue weighted by atomic mass is 10.2. The van der Waals surface area contributed by atoms with Crippen LogP contribution >= 0.6 is 0 Å². The fraction of sp³-hybridized carbons (Fsp3) is 0.600. The average molecular weight is 161 g/mol. The molecular formula is C5H7NO5.